The predicted molar refractivity (Wildman–Crippen MR) is 81.8 cm³/mol. The van der Waals surface area contributed by atoms with Crippen LogP contribution in [0.3, 0.4) is 0 Å². The van der Waals surface area contributed by atoms with E-state index in [2.05, 4.69) is 20.2 Å². The third kappa shape index (κ3) is 3.85. The average molecular weight is 290 g/mol. The lowest BCUT2D eigenvalue weighted by molar-refractivity contribution is -0.117. The molecule has 0 aliphatic rings. The minimum absolute atomic E-state index is 0.0270. The van der Waals surface area contributed by atoms with Gasteiger partial charge in [-0.05, 0) is 25.2 Å². The first-order chi connectivity index (χ1) is 9.72. The molecule has 0 aliphatic heterocycles. The molecule has 0 saturated carbocycles. The monoisotopic (exact) mass is 290 g/mol. The Morgan fingerprint density at radius 3 is 2.85 bits per heavy atom. The molecule has 5 nitrogen and oxygen atoms in total. The van der Waals surface area contributed by atoms with Crippen molar-refractivity contribution in [3.63, 3.8) is 0 Å². The highest BCUT2D eigenvalue weighted by molar-refractivity contribution is 7.14. The van der Waals surface area contributed by atoms with Crippen molar-refractivity contribution in [3.05, 3.63) is 29.9 Å². The van der Waals surface area contributed by atoms with Gasteiger partial charge in [-0.25, -0.2) is 4.98 Å². The van der Waals surface area contributed by atoms with E-state index < -0.39 is 0 Å². The fourth-order valence-electron chi connectivity index (χ4n) is 1.79. The summed E-state index contributed by atoms with van der Waals surface area (Å²) in [7, 11) is 0. The number of amides is 1. The van der Waals surface area contributed by atoms with Crippen LogP contribution in [-0.4, -0.2) is 40.4 Å². The van der Waals surface area contributed by atoms with Gasteiger partial charge in [-0.15, -0.1) is 11.3 Å². The van der Waals surface area contributed by atoms with Crippen molar-refractivity contribution in [2.24, 2.45) is 0 Å². The Hall–Kier alpha value is -1.79. The van der Waals surface area contributed by atoms with Crippen LogP contribution < -0.4 is 5.32 Å². The molecule has 1 N–H and O–H groups in total. The zero-order valence-electron chi connectivity index (χ0n) is 11.7. The van der Waals surface area contributed by atoms with Crippen molar-refractivity contribution < 1.29 is 4.79 Å². The van der Waals surface area contributed by atoms with Gasteiger partial charge in [0.15, 0.2) is 5.13 Å². The molecule has 0 bridgehead atoms. The number of carbonyl (C=O) groups excluding carboxylic acids is 1. The van der Waals surface area contributed by atoms with E-state index in [0.29, 0.717) is 11.7 Å². The van der Waals surface area contributed by atoms with Crippen LogP contribution in [0.25, 0.3) is 11.3 Å². The van der Waals surface area contributed by atoms with Crippen LogP contribution in [0.15, 0.2) is 29.9 Å². The lowest BCUT2D eigenvalue weighted by Crippen LogP contribution is -2.32. The maximum Gasteiger partial charge on any atom is 0.240 e. The van der Waals surface area contributed by atoms with E-state index in [1.54, 1.807) is 12.4 Å². The van der Waals surface area contributed by atoms with Crippen molar-refractivity contribution in [2.75, 3.05) is 25.0 Å². The first-order valence-electron chi connectivity index (χ1n) is 6.61. The second kappa shape index (κ2) is 7.12. The number of carbonyl (C=O) groups is 1. The minimum Gasteiger partial charge on any atom is -0.301 e. The maximum absolute atomic E-state index is 11.9. The third-order valence-electron chi connectivity index (χ3n) is 2.97. The Kier molecular flexibility index (Phi) is 5.20. The van der Waals surface area contributed by atoms with Crippen LogP contribution in [0.5, 0.6) is 0 Å². The lowest BCUT2D eigenvalue weighted by atomic mass is 10.2. The van der Waals surface area contributed by atoms with Gasteiger partial charge in [0.2, 0.25) is 5.91 Å². The normalized spacial score (nSPS) is 10.8. The van der Waals surface area contributed by atoms with Crippen molar-refractivity contribution in [2.45, 2.75) is 13.8 Å². The summed E-state index contributed by atoms with van der Waals surface area (Å²) in [6.45, 7) is 6.21. The number of likely N-dealkylation sites (N-methyl/N-ethyl adjacent to an activating group) is 1. The first-order valence-corrected chi connectivity index (χ1v) is 7.49. The molecule has 0 aliphatic carbocycles. The van der Waals surface area contributed by atoms with Crippen LogP contribution in [-0.2, 0) is 4.79 Å². The van der Waals surface area contributed by atoms with Crippen molar-refractivity contribution in [1.82, 2.24) is 14.9 Å². The van der Waals surface area contributed by atoms with E-state index >= 15 is 0 Å². The molecule has 0 spiro atoms. The Labute approximate surface area is 122 Å². The molecule has 6 heteroatoms. The summed E-state index contributed by atoms with van der Waals surface area (Å²) < 4.78 is 0. The van der Waals surface area contributed by atoms with Gasteiger partial charge in [0.1, 0.15) is 0 Å². The quantitative estimate of drug-likeness (QED) is 0.888. The molecular weight excluding hydrogens is 272 g/mol. The van der Waals surface area contributed by atoms with Gasteiger partial charge in [-0.3, -0.25) is 14.7 Å². The molecule has 0 atom stereocenters. The Bertz CT molecular complexity index is 551. The number of pyridine rings is 1. The standard InChI is InChI=1S/C14H18N4OS/c1-3-18(4-2)9-13(19)17-14-16-12(10-20-14)11-6-5-7-15-8-11/h5-8,10H,3-4,9H2,1-2H3,(H,16,17,19). The fourth-order valence-corrected chi connectivity index (χ4v) is 2.52. The molecule has 1 amide bonds. The van der Waals surface area contributed by atoms with E-state index in [1.807, 2.05) is 31.4 Å². The minimum atomic E-state index is -0.0270. The second-order valence-electron chi connectivity index (χ2n) is 4.29. The number of rotatable bonds is 6. The maximum atomic E-state index is 11.9. The number of aromatic nitrogens is 2. The molecule has 0 radical (unpaired) electrons. The summed E-state index contributed by atoms with van der Waals surface area (Å²) in [5.41, 5.74) is 1.79. The summed E-state index contributed by atoms with van der Waals surface area (Å²) in [5, 5.41) is 5.38. The summed E-state index contributed by atoms with van der Waals surface area (Å²) in [6.07, 6.45) is 3.49. The number of anilines is 1. The van der Waals surface area contributed by atoms with Crippen LogP contribution in [0, 0.1) is 0 Å². The summed E-state index contributed by atoms with van der Waals surface area (Å²) in [6, 6.07) is 3.82. The molecule has 0 aromatic carbocycles. The number of hydrogen-bond acceptors (Lipinski definition) is 5. The third-order valence-corrected chi connectivity index (χ3v) is 3.73. The van der Waals surface area contributed by atoms with Gasteiger partial charge in [-0.2, -0.15) is 0 Å². The highest BCUT2D eigenvalue weighted by Gasteiger charge is 2.10. The Morgan fingerprint density at radius 2 is 2.20 bits per heavy atom. The highest BCUT2D eigenvalue weighted by atomic mass is 32.1. The second-order valence-corrected chi connectivity index (χ2v) is 5.15. The topological polar surface area (TPSA) is 58.1 Å². The molecule has 2 rings (SSSR count). The summed E-state index contributed by atoms with van der Waals surface area (Å²) >= 11 is 1.43. The van der Waals surface area contributed by atoms with E-state index in [1.165, 1.54) is 11.3 Å². The zero-order valence-corrected chi connectivity index (χ0v) is 12.5. The van der Waals surface area contributed by atoms with Gasteiger partial charge >= 0.3 is 0 Å². The van der Waals surface area contributed by atoms with E-state index in [4.69, 9.17) is 0 Å². The number of nitrogens with zero attached hydrogens (tertiary/aromatic N) is 3. The van der Waals surface area contributed by atoms with Gasteiger partial charge in [0.05, 0.1) is 12.2 Å². The molecule has 2 aromatic heterocycles. The van der Waals surface area contributed by atoms with Crippen molar-refractivity contribution in [3.8, 4) is 11.3 Å². The molecule has 0 unspecified atom stereocenters. The first kappa shape index (κ1) is 14.6. The largest absolute Gasteiger partial charge is 0.301 e. The Morgan fingerprint density at radius 1 is 1.40 bits per heavy atom. The predicted octanol–water partition coefficient (Wildman–Crippen LogP) is 2.49. The number of thiazole rings is 1. The zero-order chi connectivity index (χ0) is 14.4. The van der Waals surface area contributed by atoms with Crippen LogP contribution in [0.2, 0.25) is 0 Å². The SMILES string of the molecule is CCN(CC)CC(=O)Nc1nc(-c2cccnc2)cs1. The molecule has 2 heterocycles. The van der Waals surface area contributed by atoms with Gasteiger partial charge in [-0.1, -0.05) is 13.8 Å². The lowest BCUT2D eigenvalue weighted by Gasteiger charge is -2.16. The average Bonchev–Trinajstić information content (AvgIpc) is 2.94. The molecule has 20 heavy (non-hydrogen) atoms. The van der Waals surface area contributed by atoms with E-state index in [9.17, 15) is 4.79 Å². The summed E-state index contributed by atoms with van der Waals surface area (Å²) in [5.74, 6) is -0.0270. The molecule has 0 fully saturated rings. The Balaban J connectivity index is 1.98. The van der Waals surface area contributed by atoms with Crippen molar-refractivity contribution >= 4 is 22.4 Å². The van der Waals surface area contributed by atoms with E-state index in [-0.39, 0.29) is 5.91 Å². The van der Waals surface area contributed by atoms with Gasteiger partial charge in [0, 0.05) is 23.3 Å². The van der Waals surface area contributed by atoms with Crippen LogP contribution >= 0.6 is 11.3 Å². The number of hydrogen-bond donors (Lipinski definition) is 1. The highest BCUT2D eigenvalue weighted by Crippen LogP contribution is 2.23. The van der Waals surface area contributed by atoms with Crippen LogP contribution in [0.1, 0.15) is 13.8 Å². The molecule has 106 valence electrons. The molecule has 2 aromatic rings. The van der Waals surface area contributed by atoms with E-state index in [0.717, 1.165) is 24.3 Å². The van der Waals surface area contributed by atoms with Crippen LogP contribution in [0.4, 0.5) is 5.13 Å². The summed E-state index contributed by atoms with van der Waals surface area (Å²) in [4.78, 5) is 22.4. The van der Waals surface area contributed by atoms with Gasteiger partial charge < -0.3 is 5.32 Å². The fraction of sp³-hybridized carbons (Fsp3) is 0.357. The van der Waals surface area contributed by atoms with Gasteiger partial charge in [0.25, 0.3) is 0 Å². The number of nitrogens with one attached hydrogen (secondary N) is 1. The molecule has 0 saturated heterocycles. The van der Waals surface area contributed by atoms with Crippen molar-refractivity contribution in [1.29, 1.82) is 0 Å². The smallest absolute Gasteiger partial charge is 0.240 e. The molecular formula is C14H18N4OS.